The van der Waals surface area contributed by atoms with Crippen LogP contribution in [0.5, 0.6) is 17.2 Å². The zero-order chi connectivity index (χ0) is 24.4. The van der Waals surface area contributed by atoms with E-state index >= 15 is 0 Å². The molecule has 1 amide bonds. The number of hydrogen-bond acceptors (Lipinski definition) is 7. The standard InChI is InChI=1S/C25H31N3O6S/c1-32-21-3-5-22(6-4-21)35(30,31)28-10-8-20(9-11-28)25(29)27-14-12-26(13-15-27)17-19-2-7-23-24(16-19)34-18-33-23/h2-7,16,20H,8-15,17-18H2,1H3. The molecule has 0 saturated carbocycles. The van der Waals surface area contributed by atoms with E-state index < -0.39 is 10.0 Å². The number of amides is 1. The molecule has 9 nitrogen and oxygen atoms in total. The number of benzene rings is 2. The summed E-state index contributed by atoms with van der Waals surface area (Å²) in [7, 11) is -2.03. The number of hydrogen-bond donors (Lipinski definition) is 0. The Labute approximate surface area is 206 Å². The van der Waals surface area contributed by atoms with Gasteiger partial charge in [-0.25, -0.2) is 8.42 Å². The minimum Gasteiger partial charge on any atom is -0.497 e. The zero-order valence-electron chi connectivity index (χ0n) is 19.9. The van der Waals surface area contributed by atoms with E-state index in [4.69, 9.17) is 14.2 Å². The summed E-state index contributed by atoms with van der Waals surface area (Å²) < 4.78 is 43.4. The molecule has 0 radical (unpaired) electrons. The highest BCUT2D eigenvalue weighted by Gasteiger charge is 2.34. The van der Waals surface area contributed by atoms with E-state index in [0.717, 1.165) is 31.1 Å². The van der Waals surface area contributed by atoms with Crippen LogP contribution in [0.4, 0.5) is 0 Å². The van der Waals surface area contributed by atoms with E-state index in [1.807, 2.05) is 17.0 Å². The number of fused-ring (bicyclic) bond motifs is 1. The number of piperazine rings is 1. The minimum atomic E-state index is -3.57. The van der Waals surface area contributed by atoms with Crippen LogP contribution in [-0.4, -0.2) is 81.6 Å². The van der Waals surface area contributed by atoms with Crippen LogP contribution in [0.3, 0.4) is 0 Å². The quantitative estimate of drug-likeness (QED) is 0.599. The lowest BCUT2D eigenvalue weighted by atomic mass is 9.96. The zero-order valence-corrected chi connectivity index (χ0v) is 20.7. The second-order valence-electron chi connectivity index (χ2n) is 9.14. The molecular formula is C25H31N3O6S. The number of carbonyl (C=O) groups is 1. The summed E-state index contributed by atoms with van der Waals surface area (Å²) in [5.74, 6) is 2.21. The fourth-order valence-corrected chi connectivity index (χ4v) is 6.39. The van der Waals surface area contributed by atoms with Gasteiger partial charge in [0.2, 0.25) is 22.7 Å². The SMILES string of the molecule is COc1ccc(S(=O)(=O)N2CCC(C(=O)N3CCN(Cc4ccc5c(c4)OCO5)CC3)CC2)cc1. The fourth-order valence-electron chi connectivity index (χ4n) is 4.92. The monoisotopic (exact) mass is 501 g/mol. The van der Waals surface area contributed by atoms with Crippen LogP contribution < -0.4 is 14.2 Å². The summed E-state index contributed by atoms with van der Waals surface area (Å²) in [6.07, 6.45) is 1.09. The number of ether oxygens (including phenoxy) is 3. The van der Waals surface area contributed by atoms with Gasteiger partial charge in [-0.15, -0.1) is 0 Å². The number of sulfonamides is 1. The maximum absolute atomic E-state index is 13.1. The molecule has 3 aliphatic heterocycles. The smallest absolute Gasteiger partial charge is 0.243 e. The average molecular weight is 502 g/mol. The van der Waals surface area contributed by atoms with E-state index in [1.54, 1.807) is 31.4 Å². The molecule has 2 fully saturated rings. The molecular weight excluding hydrogens is 470 g/mol. The molecule has 0 aliphatic carbocycles. The van der Waals surface area contributed by atoms with Crippen molar-refractivity contribution in [2.24, 2.45) is 5.92 Å². The first-order valence-corrected chi connectivity index (χ1v) is 13.4. The summed E-state index contributed by atoms with van der Waals surface area (Å²) in [4.78, 5) is 17.7. The lowest BCUT2D eigenvalue weighted by Gasteiger charge is -2.38. The summed E-state index contributed by atoms with van der Waals surface area (Å²) in [6, 6.07) is 12.4. The minimum absolute atomic E-state index is 0.127. The summed E-state index contributed by atoms with van der Waals surface area (Å²) in [5, 5.41) is 0. The predicted molar refractivity (Wildman–Crippen MR) is 129 cm³/mol. The number of carbonyl (C=O) groups excluding carboxylic acids is 1. The lowest BCUT2D eigenvalue weighted by Crippen LogP contribution is -2.51. The molecule has 0 bridgehead atoms. The van der Waals surface area contributed by atoms with Gasteiger partial charge in [0.15, 0.2) is 11.5 Å². The second-order valence-corrected chi connectivity index (χ2v) is 11.1. The summed E-state index contributed by atoms with van der Waals surface area (Å²) >= 11 is 0. The third kappa shape index (κ3) is 5.10. The molecule has 0 unspecified atom stereocenters. The van der Waals surface area contributed by atoms with Crippen molar-refractivity contribution in [3.8, 4) is 17.2 Å². The van der Waals surface area contributed by atoms with Crippen LogP contribution >= 0.6 is 0 Å². The third-order valence-electron chi connectivity index (χ3n) is 7.03. The highest BCUT2D eigenvalue weighted by Crippen LogP contribution is 2.33. The van der Waals surface area contributed by atoms with Crippen molar-refractivity contribution in [2.45, 2.75) is 24.3 Å². The highest BCUT2D eigenvalue weighted by atomic mass is 32.2. The Hall–Kier alpha value is -2.82. The lowest BCUT2D eigenvalue weighted by molar-refractivity contribution is -0.138. The van der Waals surface area contributed by atoms with E-state index in [0.29, 0.717) is 44.8 Å². The Morgan fingerprint density at radius 2 is 1.63 bits per heavy atom. The van der Waals surface area contributed by atoms with E-state index in [9.17, 15) is 13.2 Å². The van der Waals surface area contributed by atoms with Crippen molar-refractivity contribution in [3.63, 3.8) is 0 Å². The first kappa shape index (κ1) is 23.9. The molecule has 3 heterocycles. The first-order valence-electron chi connectivity index (χ1n) is 12.0. The van der Waals surface area contributed by atoms with Crippen molar-refractivity contribution >= 4 is 15.9 Å². The molecule has 2 aromatic carbocycles. The van der Waals surface area contributed by atoms with Crippen LogP contribution in [0.25, 0.3) is 0 Å². The molecule has 188 valence electrons. The Kier molecular flexibility index (Phi) is 6.86. The average Bonchev–Trinajstić information content (AvgIpc) is 3.37. The molecule has 0 atom stereocenters. The van der Waals surface area contributed by atoms with E-state index in [1.165, 1.54) is 9.87 Å². The predicted octanol–water partition coefficient (Wildman–Crippen LogP) is 2.17. The van der Waals surface area contributed by atoms with Crippen LogP contribution in [0.15, 0.2) is 47.4 Å². The van der Waals surface area contributed by atoms with Crippen molar-refractivity contribution in [1.29, 1.82) is 0 Å². The topological polar surface area (TPSA) is 88.6 Å². The van der Waals surface area contributed by atoms with Gasteiger partial charge >= 0.3 is 0 Å². The summed E-state index contributed by atoms with van der Waals surface area (Å²) in [5.41, 5.74) is 1.17. The highest BCUT2D eigenvalue weighted by molar-refractivity contribution is 7.89. The van der Waals surface area contributed by atoms with Gasteiger partial charge in [-0.3, -0.25) is 9.69 Å². The van der Waals surface area contributed by atoms with E-state index in [-0.39, 0.29) is 23.5 Å². The van der Waals surface area contributed by atoms with Crippen LogP contribution in [0.2, 0.25) is 0 Å². The number of rotatable bonds is 6. The van der Waals surface area contributed by atoms with Gasteiger partial charge in [-0.1, -0.05) is 6.07 Å². The van der Waals surface area contributed by atoms with Gasteiger partial charge in [0.25, 0.3) is 0 Å². The molecule has 10 heteroatoms. The van der Waals surface area contributed by atoms with Crippen molar-refractivity contribution < 1.29 is 27.4 Å². The molecule has 3 aliphatic rings. The Morgan fingerprint density at radius 1 is 0.943 bits per heavy atom. The van der Waals surface area contributed by atoms with Gasteiger partial charge in [0.05, 0.1) is 12.0 Å². The maximum atomic E-state index is 13.1. The van der Waals surface area contributed by atoms with Gasteiger partial charge in [0.1, 0.15) is 5.75 Å². The van der Waals surface area contributed by atoms with Gasteiger partial charge < -0.3 is 19.1 Å². The van der Waals surface area contributed by atoms with Gasteiger partial charge in [-0.05, 0) is 54.8 Å². The maximum Gasteiger partial charge on any atom is 0.243 e. The molecule has 2 saturated heterocycles. The number of piperidine rings is 1. The third-order valence-corrected chi connectivity index (χ3v) is 8.94. The molecule has 2 aromatic rings. The largest absolute Gasteiger partial charge is 0.497 e. The van der Waals surface area contributed by atoms with E-state index in [2.05, 4.69) is 11.0 Å². The Balaban J connectivity index is 1.10. The Bertz CT molecular complexity index is 1150. The number of methoxy groups -OCH3 is 1. The van der Waals surface area contributed by atoms with Gasteiger partial charge in [-0.2, -0.15) is 4.31 Å². The van der Waals surface area contributed by atoms with Crippen molar-refractivity contribution in [3.05, 3.63) is 48.0 Å². The number of nitrogens with zero attached hydrogens (tertiary/aromatic N) is 3. The Morgan fingerprint density at radius 3 is 2.31 bits per heavy atom. The molecule has 35 heavy (non-hydrogen) atoms. The molecule has 0 spiro atoms. The fraction of sp³-hybridized carbons (Fsp3) is 0.480. The summed E-state index contributed by atoms with van der Waals surface area (Å²) in [6.45, 7) is 4.78. The first-order chi connectivity index (χ1) is 16.9. The molecule has 5 rings (SSSR count). The van der Waals surface area contributed by atoms with Crippen molar-refractivity contribution in [2.75, 3.05) is 53.2 Å². The molecule has 0 N–H and O–H groups in total. The van der Waals surface area contributed by atoms with Crippen molar-refractivity contribution in [1.82, 2.24) is 14.1 Å². The van der Waals surface area contributed by atoms with Crippen LogP contribution in [0.1, 0.15) is 18.4 Å². The molecule has 0 aromatic heterocycles. The van der Waals surface area contributed by atoms with Gasteiger partial charge in [0, 0.05) is 51.7 Å². The van der Waals surface area contributed by atoms with Crippen LogP contribution in [0, 0.1) is 5.92 Å². The normalized spacial score (nSPS) is 19.6. The van der Waals surface area contributed by atoms with Crippen LogP contribution in [-0.2, 0) is 21.4 Å². The second kappa shape index (κ2) is 10.0.